The highest BCUT2D eigenvalue weighted by molar-refractivity contribution is 6.30. The van der Waals surface area contributed by atoms with Crippen molar-refractivity contribution in [1.82, 2.24) is 10.6 Å². The Labute approximate surface area is 141 Å². The quantitative estimate of drug-likeness (QED) is 0.722. The van der Waals surface area contributed by atoms with Gasteiger partial charge in [0.25, 0.3) is 0 Å². The van der Waals surface area contributed by atoms with Crippen LogP contribution in [0, 0.1) is 11.8 Å². The van der Waals surface area contributed by atoms with Crippen LogP contribution >= 0.6 is 11.6 Å². The van der Waals surface area contributed by atoms with E-state index in [1.807, 2.05) is 36.4 Å². The number of rotatable bonds is 5. The van der Waals surface area contributed by atoms with Crippen LogP contribution in [-0.2, 0) is 0 Å². The molecule has 2 amide bonds. The molecule has 0 aromatic heterocycles. The fourth-order valence-electron chi connectivity index (χ4n) is 3.28. The van der Waals surface area contributed by atoms with E-state index in [9.17, 15) is 4.79 Å². The first-order valence-electron chi connectivity index (χ1n) is 8.27. The van der Waals surface area contributed by atoms with Crippen molar-refractivity contribution in [2.45, 2.75) is 37.8 Å². The minimum atomic E-state index is -0.148. The minimum absolute atomic E-state index is 0.000548. The lowest BCUT2D eigenvalue weighted by atomic mass is 9.77. The molecular formula is C18H23ClN2O2. The fraction of sp³-hybridized carbons (Fsp3) is 0.500. The number of hydrogen-bond acceptors (Lipinski definition) is 2. The molecule has 1 saturated carbocycles. The number of aliphatic hydroxyl groups excluding tert-OH is 1. The lowest BCUT2D eigenvalue weighted by molar-refractivity contribution is 0.204. The van der Waals surface area contributed by atoms with Crippen LogP contribution in [0.15, 0.2) is 36.4 Å². The smallest absolute Gasteiger partial charge is 0.315 e. The van der Waals surface area contributed by atoms with Gasteiger partial charge in [0.2, 0.25) is 0 Å². The number of halogens is 1. The predicted octanol–water partition coefficient (Wildman–Crippen LogP) is 3.42. The van der Waals surface area contributed by atoms with E-state index in [0.717, 1.165) is 24.8 Å². The minimum Gasteiger partial charge on any atom is -0.396 e. The van der Waals surface area contributed by atoms with Crippen molar-refractivity contribution >= 4 is 17.6 Å². The summed E-state index contributed by atoms with van der Waals surface area (Å²) in [4.78, 5) is 12.3. The average Bonchev–Trinajstić information content (AvgIpc) is 2.93. The molecule has 3 atom stereocenters. The van der Waals surface area contributed by atoms with Gasteiger partial charge in [0, 0.05) is 23.6 Å². The van der Waals surface area contributed by atoms with Gasteiger partial charge in [-0.05, 0) is 42.9 Å². The highest BCUT2D eigenvalue weighted by Crippen LogP contribution is 2.38. The first-order chi connectivity index (χ1) is 11.2. The van der Waals surface area contributed by atoms with E-state index < -0.39 is 0 Å². The molecule has 2 aliphatic carbocycles. The topological polar surface area (TPSA) is 61.4 Å². The highest BCUT2D eigenvalue weighted by Gasteiger charge is 2.30. The van der Waals surface area contributed by atoms with Crippen molar-refractivity contribution in [2.24, 2.45) is 11.8 Å². The SMILES string of the molecule is O=C(NC(c1ccc(Cl)cc1)C1CCC1)N[C@@H]1C=C[C@H](CO)C1. The van der Waals surface area contributed by atoms with Gasteiger partial charge in [0.05, 0.1) is 6.04 Å². The Morgan fingerprint density at radius 2 is 2.00 bits per heavy atom. The van der Waals surface area contributed by atoms with Crippen LogP contribution in [0.3, 0.4) is 0 Å². The standard InChI is InChI=1S/C18H23ClN2O2/c19-15-7-5-14(6-8-15)17(13-2-1-3-13)21-18(23)20-16-9-4-12(10-16)11-22/h4-9,12-13,16-17,22H,1-3,10-11H2,(H2,20,21,23)/t12-,16+,17?/m0/s1. The Hall–Kier alpha value is -1.52. The van der Waals surface area contributed by atoms with E-state index in [0.29, 0.717) is 10.9 Å². The normalized spacial score (nSPS) is 25.0. The molecule has 4 nitrogen and oxygen atoms in total. The number of carbonyl (C=O) groups is 1. The van der Waals surface area contributed by atoms with Crippen molar-refractivity contribution in [1.29, 1.82) is 0 Å². The molecule has 2 aliphatic rings. The second-order valence-corrected chi connectivity index (χ2v) is 6.94. The Balaban J connectivity index is 1.61. The van der Waals surface area contributed by atoms with Crippen molar-refractivity contribution in [3.63, 3.8) is 0 Å². The molecule has 124 valence electrons. The van der Waals surface area contributed by atoms with E-state index in [1.165, 1.54) is 6.42 Å². The maximum atomic E-state index is 12.3. The number of urea groups is 1. The zero-order valence-electron chi connectivity index (χ0n) is 13.0. The number of hydrogen-bond donors (Lipinski definition) is 3. The van der Waals surface area contributed by atoms with Crippen molar-refractivity contribution in [3.8, 4) is 0 Å². The summed E-state index contributed by atoms with van der Waals surface area (Å²) in [7, 11) is 0. The van der Waals surface area contributed by atoms with Crippen LogP contribution in [-0.4, -0.2) is 23.8 Å². The molecule has 0 saturated heterocycles. The lowest BCUT2D eigenvalue weighted by Crippen LogP contribution is -2.45. The van der Waals surface area contributed by atoms with Crippen LogP contribution in [0.25, 0.3) is 0 Å². The second-order valence-electron chi connectivity index (χ2n) is 6.51. The monoisotopic (exact) mass is 334 g/mol. The summed E-state index contributed by atoms with van der Waals surface area (Å²) in [5.41, 5.74) is 1.10. The largest absolute Gasteiger partial charge is 0.396 e. The van der Waals surface area contributed by atoms with Gasteiger partial charge < -0.3 is 15.7 Å². The lowest BCUT2D eigenvalue weighted by Gasteiger charge is -2.35. The van der Waals surface area contributed by atoms with Gasteiger partial charge >= 0.3 is 6.03 Å². The Morgan fingerprint density at radius 3 is 2.57 bits per heavy atom. The third kappa shape index (κ3) is 4.06. The number of amides is 2. The van der Waals surface area contributed by atoms with Gasteiger partial charge in [0.15, 0.2) is 0 Å². The van der Waals surface area contributed by atoms with Crippen molar-refractivity contribution < 1.29 is 9.90 Å². The maximum absolute atomic E-state index is 12.3. The Bertz CT molecular complexity index is 569. The molecule has 3 N–H and O–H groups in total. The molecule has 0 spiro atoms. The Kier molecular flexibility index (Phi) is 5.23. The second kappa shape index (κ2) is 7.37. The summed E-state index contributed by atoms with van der Waals surface area (Å²) in [5, 5.41) is 16.0. The summed E-state index contributed by atoms with van der Waals surface area (Å²) in [6, 6.07) is 7.59. The molecule has 23 heavy (non-hydrogen) atoms. The summed E-state index contributed by atoms with van der Waals surface area (Å²) < 4.78 is 0. The van der Waals surface area contributed by atoms with E-state index in [1.54, 1.807) is 0 Å². The summed E-state index contributed by atoms with van der Waals surface area (Å²) in [5.74, 6) is 0.644. The van der Waals surface area contributed by atoms with Crippen molar-refractivity contribution in [3.05, 3.63) is 47.0 Å². The summed E-state index contributed by atoms with van der Waals surface area (Å²) >= 11 is 5.96. The van der Waals surface area contributed by atoms with Gasteiger partial charge in [0.1, 0.15) is 0 Å². The van der Waals surface area contributed by atoms with Gasteiger partial charge in [-0.1, -0.05) is 42.3 Å². The van der Waals surface area contributed by atoms with E-state index in [-0.39, 0.29) is 30.6 Å². The summed E-state index contributed by atoms with van der Waals surface area (Å²) in [6.45, 7) is 0.131. The first kappa shape index (κ1) is 16.3. The molecule has 0 radical (unpaired) electrons. The molecule has 1 fully saturated rings. The van der Waals surface area contributed by atoms with Gasteiger partial charge in [-0.3, -0.25) is 0 Å². The maximum Gasteiger partial charge on any atom is 0.315 e. The third-order valence-corrected chi connectivity index (χ3v) is 5.11. The Morgan fingerprint density at radius 1 is 1.26 bits per heavy atom. The van der Waals surface area contributed by atoms with Crippen molar-refractivity contribution in [2.75, 3.05) is 6.61 Å². The van der Waals surface area contributed by atoms with E-state index in [2.05, 4.69) is 10.6 Å². The fourth-order valence-corrected chi connectivity index (χ4v) is 3.41. The molecule has 0 heterocycles. The van der Waals surface area contributed by atoms with Gasteiger partial charge in [-0.15, -0.1) is 0 Å². The average molecular weight is 335 g/mol. The molecule has 1 aromatic carbocycles. The third-order valence-electron chi connectivity index (χ3n) is 4.86. The van der Waals surface area contributed by atoms with Crippen LogP contribution < -0.4 is 10.6 Å². The van der Waals surface area contributed by atoms with Gasteiger partial charge in [-0.25, -0.2) is 4.79 Å². The molecule has 5 heteroatoms. The molecule has 1 aromatic rings. The predicted molar refractivity (Wildman–Crippen MR) is 91.3 cm³/mol. The van der Waals surface area contributed by atoms with Crippen LogP contribution in [0.2, 0.25) is 5.02 Å². The van der Waals surface area contributed by atoms with E-state index in [4.69, 9.17) is 16.7 Å². The number of carbonyl (C=O) groups excluding carboxylic acids is 1. The van der Waals surface area contributed by atoms with E-state index >= 15 is 0 Å². The molecule has 1 unspecified atom stereocenters. The highest BCUT2D eigenvalue weighted by atomic mass is 35.5. The van der Waals surface area contributed by atoms with Crippen LogP contribution in [0.4, 0.5) is 4.79 Å². The first-order valence-corrected chi connectivity index (χ1v) is 8.65. The number of nitrogens with one attached hydrogen (secondary N) is 2. The zero-order chi connectivity index (χ0) is 16.2. The number of benzene rings is 1. The summed E-state index contributed by atoms with van der Waals surface area (Å²) in [6.07, 6.45) is 8.20. The number of aliphatic hydroxyl groups is 1. The van der Waals surface area contributed by atoms with Crippen LogP contribution in [0.1, 0.15) is 37.3 Å². The van der Waals surface area contributed by atoms with Gasteiger partial charge in [-0.2, -0.15) is 0 Å². The molecule has 0 bridgehead atoms. The molecular weight excluding hydrogens is 312 g/mol. The molecule has 3 rings (SSSR count). The van der Waals surface area contributed by atoms with Crippen LogP contribution in [0.5, 0.6) is 0 Å². The zero-order valence-corrected chi connectivity index (χ0v) is 13.8. The molecule has 0 aliphatic heterocycles.